The molecule has 0 atom stereocenters. The summed E-state index contributed by atoms with van der Waals surface area (Å²) in [4.78, 5) is 31.1. The Balaban J connectivity index is 1.44. The number of carbonyl (C=O) groups is 2. The highest BCUT2D eigenvalue weighted by Gasteiger charge is 2.29. The quantitative estimate of drug-likeness (QED) is 0.868. The summed E-state index contributed by atoms with van der Waals surface area (Å²) in [6.45, 7) is 1.87. The second-order valence-corrected chi connectivity index (χ2v) is 6.86. The molecule has 2 amide bonds. The first kappa shape index (κ1) is 16.6. The summed E-state index contributed by atoms with van der Waals surface area (Å²) in [5, 5.41) is 5.81. The van der Waals surface area contributed by atoms with Crippen molar-refractivity contribution in [2.24, 2.45) is 5.92 Å². The van der Waals surface area contributed by atoms with Gasteiger partial charge in [0.25, 0.3) is 5.91 Å². The number of amides is 2. The lowest BCUT2D eigenvalue weighted by molar-refractivity contribution is -0.117. The van der Waals surface area contributed by atoms with Crippen LogP contribution in [0.1, 0.15) is 36.0 Å². The Morgan fingerprint density at radius 2 is 1.62 bits per heavy atom. The van der Waals surface area contributed by atoms with E-state index in [9.17, 15) is 9.59 Å². The number of rotatable bonds is 5. The van der Waals surface area contributed by atoms with Gasteiger partial charge in [-0.25, -0.2) is 4.98 Å². The van der Waals surface area contributed by atoms with Gasteiger partial charge in [0.2, 0.25) is 5.91 Å². The van der Waals surface area contributed by atoms with Crippen molar-refractivity contribution < 1.29 is 9.59 Å². The van der Waals surface area contributed by atoms with Crippen molar-refractivity contribution in [1.29, 1.82) is 0 Å². The van der Waals surface area contributed by atoms with Gasteiger partial charge in [-0.15, -0.1) is 0 Å². The van der Waals surface area contributed by atoms with E-state index in [2.05, 4.69) is 20.5 Å². The lowest BCUT2D eigenvalue weighted by Crippen LogP contribution is -2.24. The predicted octanol–water partition coefficient (Wildman–Crippen LogP) is 3.28. The normalized spacial score (nSPS) is 16.4. The number of nitrogens with one attached hydrogen (secondary N) is 2. The maximum absolute atomic E-state index is 12.7. The molecule has 6 nitrogen and oxygen atoms in total. The summed E-state index contributed by atoms with van der Waals surface area (Å²) in [6, 6.07) is 10.8. The van der Waals surface area contributed by atoms with Crippen LogP contribution in [0.4, 0.5) is 17.2 Å². The maximum Gasteiger partial charge on any atom is 0.259 e. The standard InChI is InChI=1S/C20H22N4O2/c25-19(14-5-6-14)22-15-7-9-16(10-8-15)23-20(26)17-4-3-11-21-18(17)24-12-1-2-13-24/h3-4,7-11,14H,1-2,5-6,12-13H2,(H,22,25)(H,23,26). The molecule has 1 aliphatic heterocycles. The van der Waals surface area contributed by atoms with Crippen molar-refractivity contribution in [1.82, 2.24) is 4.98 Å². The Bertz CT molecular complexity index is 809. The average molecular weight is 350 g/mol. The lowest BCUT2D eigenvalue weighted by Gasteiger charge is -2.19. The SMILES string of the molecule is O=C(Nc1ccc(NC(=O)C2CC2)cc1)c1cccnc1N1CCCC1. The van der Waals surface area contributed by atoms with Crippen LogP contribution >= 0.6 is 0 Å². The number of hydrogen-bond donors (Lipinski definition) is 2. The Morgan fingerprint density at radius 1 is 0.962 bits per heavy atom. The number of carbonyl (C=O) groups excluding carboxylic acids is 2. The highest BCUT2D eigenvalue weighted by Crippen LogP contribution is 2.30. The van der Waals surface area contributed by atoms with Gasteiger partial charge in [0, 0.05) is 36.6 Å². The second-order valence-electron chi connectivity index (χ2n) is 6.86. The summed E-state index contributed by atoms with van der Waals surface area (Å²) < 4.78 is 0. The van der Waals surface area contributed by atoms with Crippen LogP contribution in [-0.2, 0) is 4.79 Å². The van der Waals surface area contributed by atoms with Crippen molar-refractivity contribution in [2.75, 3.05) is 28.6 Å². The molecule has 2 aromatic rings. The molecule has 1 aliphatic carbocycles. The third kappa shape index (κ3) is 3.69. The van der Waals surface area contributed by atoms with E-state index in [0.717, 1.165) is 50.3 Å². The van der Waals surface area contributed by atoms with Gasteiger partial charge >= 0.3 is 0 Å². The molecule has 2 fully saturated rings. The Kier molecular flexibility index (Phi) is 4.56. The van der Waals surface area contributed by atoms with Gasteiger partial charge in [0.15, 0.2) is 0 Å². The number of benzene rings is 1. The summed E-state index contributed by atoms with van der Waals surface area (Å²) >= 11 is 0. The molecule has 2 aliphatic rings. The number of nitrogens with zero attached hydrogens (tertiary/aromatic N) is 2. The first-order chi connectivity index (χ1) is 12.7. The van der Waals surface area contributed by atoms with Gasteiger partial charge in [0.05, 0.1) is 5.56 Å². The minimum absolute atomic E-state index is 0.0763. The minimum atomic E-state index is -0.172. The molecule has 1 saturated carbocycles. The molecule has 0 bridgehead atoms. The van der Waals surface area contributed by atoms with Crippen LogP contribution < -0.4 is 15.5 Å². The van der Waals surface area contributed by atoms with E-state index in [-0.39, 0.29) is 17.7 Å². The van der Waals surface area contributed by atoms with Crippen molar-refractivity contribution in [3.63, 3.8) is 0 Å². The molecule has 2 heterocycles. The van der Waals surface area contributed by atoms with E-state index in [1.54, 1.807) is 42.6 Å². The number of anilines is 3. The highest BCUT2D eigenvalue weighted by molar-refractivity contribution is 6.07. The van der Waals surface area contributed by atoms with Crippen LogP contribution in [0.25, 0.3) is 0 Å². The van der Waals surface area contributed by atoms with Gasteiger partial charge < -0.3 is 15.5 Å². The van der Waals surface area contributed by atoms with Gasteiger partial charge in [-0.05, 0) is 62.1 Å². The van der Waals surface area contributed by atoms with Crippen LogP contribution in [-0.4, -0.2) is 29.9 Å². The molecule has 1 aromatic heterocycles. The number of hydrogen-bond acceptors (Lipinski definition) is 4. The Labute approximate surface area is 152 Å². The molecule has 26 heavy (non-hydrogen) atoms. The van der Waals surface area contributed by atoms with Gasteiger partial charge in [-0.1, -0.05) is 0 Å². The molecule has 4 rings (SSSR count). The average Bonchev–Trinajstić information content (AvgIpc) is 3.38. The van der Waals surface area contributed by atoms with Crippen LogP contribution in [0.2, 0.25) is 0 Å². The van der Waals surface area contributed by atoms with Gasteiger partial charge in [-0.2, -0.15) is 0 Å². The van der Waals surface area contributed by atoms with E-state index in [0.29, 0.717) is 11.3 Å². The van der Waals surface area contributed by atoms with Crippen LogP contribution in [0.5, 0.6) is 0 Å². The van der Waals surface area contributed by atoms with Crippen LogP contribution in [0, 0.1) is 5.92 Å². The fraction of sp³-hybridized carbons (Fsp3) is 0.350. The fourth-order valence-corrected chi connectivity index (χ4v) is 3.18. The zero-order valence-corrected chi connectivity index (χ0v) is 14.6. The lowest BCUT2D eigenvalue weighted by atomic mass is 10.2. The Morgan fingerprint density at radius 3 is 2.27 bits per heavy atom. The smallest absolute Gasteiger partial charge is 0.259 e. The Hall–Kier alpha value is -2.89. The minimum Gasteiger partial charge on any atom is -0.356 e. The molecule has 134 valence electrons. The van der Waals surface area contributed by atoms with Crippen molar-refractivity contribution in [3.05, 3.63) is 48.2 Å². The van der Waals surface area contributed by atoms with Crippen molar-refractivity contribution in [2.45, 2.75) is 25.7 Å². The molecule has 2 N–H and O–H groups in total. The van der Waals surface area contributed by atoms with Gasteiger partial charge in [-0.3, -0.25) is 9.59 Å². The van der Waals surface area contributed by atoms with E-state index < -0.39 is 0 Å². The van der Waals surface area contributed by atoms with Crippen LogP contribution in [0.3, 0.4) is 0 Å². The largest absolute Gasteiger partial charge is 0.356 e. The number of aromatic nitrogens is 1. The third-order valence-electron chi connectivity index (χ3n) is 4.80. The molecule has 0 radical (unpaired) electrons. The second kappa shape index (κ2) is 7.15. The first-order valence-corrected chi connectivity index (χ1v) is 9.13. The summed E-state index contributed by atoms with van der Waals surface area (Å²) in [7, 11) is 0. The molecule has 0 spiro atoms. The van der Waals surface area contributed by atoms with E-state index in [1.807, 2.05) is 0 Å². The summed E-state index contributed by atoms with van der Waals surface area (Å²) in [5.41, 5.74) is 2.02. The van der Waals surface area contributed by atoms with Gasteiger partial charge in [0.1, 0.15) is 5.82 Å². The first-order valence-electron chi connectivity index (χ1n) is 9.13. The highest BCUT2D eigenvalue weighted by atomic mass is 16.2. The third-order valence-corrected chi connectivity index (χ3v) is 4.80. The molecule has 1 aromatic carbocycles. The summed E-state index contributed by atoms with van der Waals surface area (Å²) in [6.07, 6.45) is 5.94. The van der Waals surface area contributed by atoms with Crippen molar-refractivity contribution in [3.8, 4) is 0 Å². The van der Waals surface area contributed by atoms with Crippen molar-refractivity contribution >= 4 is 29.0 Å². The maximum atomic E-state index is 12.7. The topological polar surface area (TPSA) is 74.3 Å². The predicted molar refractivity (Wildman–Crippen MR) is 101 cm³/mol. The molecular formula is C20H22N4O2. The molecule has 1 saturated heterocycles. The van der Waals surface area contributed by atoms with E-state index in [4.69, 9.17) is 0 Å². The van der Waals surface area contributed by atoms with E-state index >= 15 is 0 Å². The molecular weight excluding hydrogens is 328 g/mol. The zero-order valence-electron chi connectivity index (χ0n) is 14.6. The summed E-state index contributed by atoms with van der Waals surface area (Å²) in [5.74, 6) is 0.821. The van der Waals surface area contributed by atoms with E-state index in [1.165, 1.54) is 0 Å². The molecule has 0 unspecified atom stereocenters. The van der Waals surface area contributed by atoms with Crippen LogP contribution in [0.15, 0.2) is 42.6 Å². The molecule has 6 heteroatoms. The fourth-order valence-electron chi connectivity index (χ4n) is 3.18. The zero-order chi connectivity index (χ0) is 17.9. The number of pyridine rings is 1. The monoisotopic (exact) mass is 350 g/mol.